The summed E-state index contributed by atoms with van der Waals surface area (Å²) in [6.07, 6.45) is -1.34. The highest BCUT2D eigenvalue weighted by Gasteiger charge is 2.45. The average Bonchev–Trinajstić information content (AvgIpc) is 2.37. The summed E-state index contributed by atoms with van der Waals surface area (Å²) < 4.78 is 38.6. The fourth-order valence-electron chi connectivity index (χ4n) is 2.60. The van der Waals surface area contributed by atoms with Crippen LogP contribution in [0.25, 0.3) is 0 Å². The third-order valence-electron chi connectivity index (χ3n) is 3.66. The number of amides is 3. The molecule has 3 amide bonds. The molecule has 2 atom stereocenters. The number of unbranched alkanes of at least 4 members (excludes halogenated alkanes) is 1. The second kappa shape index (κ2) is 8.09. The summed E-state index contributed by atoms with van der Waals surface area (Å²) in [6, 6.07) is -1.44. The number of hydrogen-bond acceptors (Lipinski definition) is 2. The minimum absolute atomic E-state index is 0.0803. The van der Waals surface area contributed by atoms with Crippen LogP contribution in [-0.2, 0) is 4.79 Å². The highest BCUT2D eigenvalue weighted by molar-refractivity contribution is 5.76. The smallest absolute Gasteiger partial charge is 0.353 e. The Bertz CT molecular complexity index is 361. The van der Waals surface area contributed by atoms with Gasteiger partial charge in [-0.3, -0.25) is 4.79 Å². The van der Waals surface area contributed by atoms with Gasteiger partial charge >= 0.3 is 12.2 Å². The molecule has 0 bridgehead atoms. The van der Waals surface area contributed by atoms with Crippen LogP contribution >= 0.6 is 0 Å². The van der Waals surface area contributed by atoms with E-state index in [2.05, 4.69) is 10.6 Å². The molecule has 0 aromatic carbocycles. The van der Waals surface area contributed by atoms with Gasteiger partial charge in [0.2, 0.25) is 5.91 Å². The lowest BCUT2D eigenvalue weighted by Gasteiger charge is -2.33. The predicted molar refractivity (Wildman–Crippen MR) is 71.4 cm³/mol. The topological polar surface area (TPSA) is 84.2 Å². The second-order valence-electron chi connectivity index (χ2n) is 5.35. The number of nitrogens with one attached hydrogen (secondary N) is 2. The molecule has 0 heterocycles. The summed E-state index contributed by atoms with van der Waals surface area (Å²) in [5, 5.41) is 4.89. The van der Waals surface area contributed by atoms with E-state index in [9.17, 15) is 22.8 Å². The largest absolute Gasteiger partial charge is 0.393 e. The van der Waals surface area contributed by atoms with Gasteiger partial charge in [-0.25, -0.2) is 4.79 Å². The van der Waals surface area contributed by atoms with Gasteiger partial charge in [0.25, 0.3) is 0 Å². The lowest BCUT2D eigenvalue weighted by Crippen LogP contribution is -2.47. The Hall–Kier alpha value is -1.47. The van der Waals surface area contributed by atoms with Crippen molar-refractivity contribution >= 4 is 11.9 Å². The zero-order chi connectivity index (χ0) is 15.9. The summed E-state index contributed by atoms with van der Waals surface area (Å²) in [4.78, 5) is 22.1. The number of alkyl halides is 3. The van der Waals surface area contributed by atoms with Gasteiger partial charge in [0, 0.05) is 19.0 Å². The number of nitrogens with two attached hydrogens (primary N) is 1. The first kappa shape index (κ1) is 17.6. The van der Waals surface area contributed by atoms with Crippen LogP contribution in [0.3, 0.4) is 0 Å². The van der Waals surface area contributed by atoms with Gasteiger partial charge in [-0.1, -0.05) is 12.8 Å². The highest BCUT2D eigenvalue weighted by atomic mass is 19.4. The molecule has 122 valence electrons. The van der Waals surface area contributed by atoms with Crippen molar-refractivity contribution in [2.24, 2.45) is 11.7 Å². The van der Waals surface area contributed by atoms with Crippen LogP contribution in [0.1, 0.15) is 44.9 Å². The number of carbonyl (C=O) groups excluding carboxylic acids is 2. The Morgan fingerprint density at radius 3 is 2.43 bits per heavy atom. The fraction of sp³-hybridized carbons (Fsp3) is 0.846. The molecule has 21 heavy (non-hydrogen) atoms. The third-order valence-corrected chi connectivity index (χ3v) is 3.66. The maximum absolute atomic E-state index is 12.9. The van der Waals surface area contributed by atoms with Crippen LogP contribution in [0.4, 0.5) is 18.0 Å². The molecule has 8 heteroatoms. The molecule has 0 radical (unpaired) electrons. The lowest BCUT2D eigenvalue weighted by molar-refractivity contribution is -0.189. The standard InChI is InChI=1S/C13H22F3N3O2/c14-13(15,16)9-5-1-2-6-10(9)19-11(20)7-3-4-8-18-12(17)21/h9-10H,1-8H2,(H,19,20)(H3,17,18,21)/t9-,10+/m1/s1. The van der Waals surface area contributed by atoms with Crippen LogP contribution in [0.15, 0.2) is 0 Å². The molecule has 1 saturated carbocycles. The molecule has 0 saturated heterocycles. The average molecular weight is 309 g/mol. The molecule has 4 N–H and O–H groups in total. The van der Waals surface area contributed by atoms with Gasteiger partial charge in [0.05, 0.1) is 5.92 Å². The summed E-state index contributed by atoms with van der Waals surface area (Å²) in [5.74, 6) is -1.80. The number of halogens is 3. The summed E-state index contributed by atoms with van der Waals surface area (Å²) in [7, 11) is 0. The minimum Gasteiger partial charge on any atom is -0.353 e. The Labute approximate surface area is 121 Å². The van der Waals surface area contributed by atoms with E-state index < -0.39 is 24.2 Å². The number of carbonyl (C=O) groups is 2. The molecular weight excluding hydrogens is 287 g/mol. The molecule has 1 aliphatic rings. The second-order valence-corrected chi connectivity index (χ2v) is 5.35. The van der Waals surface area contributed by atoms with Gasteiger partial charge in [0.1, 0.15) is 0 Å². The Kier molecular flexibility index (Phi) is 6.77. The normalized spacial score (nSPS) is 22.6. The van der Waals surface area contributed by atoms with Crippen molar-refractivity contribution in [3.63, 3.8) is 0 Å². The summed E-state index contributed by atoms with van der Waals surface area (Å²) in [6.45, 7) is 0.358. The van der Waals surface area contributed by atoms with Crippen molar-refractivity contribution in [2.45, 2.75) is 57.2 Å². The van der Waals surface area contributed by atoms with Gasteiger partial charge < -0.3 is 16.4 Å². The molecule has 1 fully saturated rings. The molecule has 1 rings (SSSR count). The van der Waals surface area contributed by atoms with E-state index in [4.69, 9.17) is 5.73 Å². The van der Waals surface area contributed by atoms with Crippen molar-refractivity contribution in [1.29, 1.82) is 0 Å². The fourth-order valence-corrected chi connectivity index (χ4v) is 2.60. The first-order chi connectivity index (χ1) is 9.80. The van der Waals surface area contributed by atoms with Crippen LogP contribution < -0.4 is 16.4 Å². The van der Waals surface area contributed by atoms with Crippen LogP contribution in [0, 0.1) is 5.92 Å². The van der Waals surface area contributed by atoms with Gasteiger partial charge in [-0.05, 0) is 25.7 Å². The van der Waals surface area contributed by atoms with E-state index in [0.29, 0.717) is 38.6 Å². The van der Waals surface area contributed by atoms with Crippen LogP contribution in [0.5, 0.6) is 0 Å². The maximum Gasteiger partial charge on any atom is 0.393 e. The van der Waals surface area contributed by atoms with Crippen molar-refractivity contribution in [1.82, 2.24) is 10.6 Å². The summed E-state index contributed by atoms with van der Waals surface area (Å²) >= 11 is 0. The SMILES string of the molecule is NC(=O)NCCCCC(=O)N[C@H]1CCCC[C@H]1C(F)(F)F. The number of urea groups is 1. The van der Waals surface area contributed by atoms with E-state index in [1.807, 2.05) is 0 Å². The molecule has 0 aromatic rings. The van der Waals surface area contributed by atoms with Crippen molar-refractivity contribution in [3.8, 4) is 0 Å². The first-order valence-electron chi connectivity index (χ1n) is 7.20. The quantitative estimate of drug-likeness (QED) is 0.656. The molecule has 0 unspecified atom stereocenters. The number of primary amides is 1. The predicted octanol–water partition coefficient (Wildman–Crippen LogP) is 2.06. The van der Waals surface area contributed by atoms with Gasteiger partial charge in [0.15, 0.2) is 0 Å². The number of hydrogen-bond donors (Lipinski definition) is 3. The van der Waals surface area contributed by atoms with Gasteiger partial charge in [-0.15, -0.1) is 0 Å². The molecule has 0 aromatic heterocycles. The van der Waals surface area contributed by atoms with Crippen LogP contribution in [0.2, 0.25) is 0 Å². The van der Waals surface area contributed by atoms with E-state index in [1.165, 1.54) is 0 Å². The minimum atomic E-state index is -4.26. The zero-order valence-electron chi connectivity index (χ0n) is 11.8. The van der Waals surface area contributed by atoms with E-state index in [0.717, 1.165) is 0 Å². The van der Waals surface area contributed by atoms with Crippen molar-refractivity contribution in [2.75, 3.05) is 6.54 Å². The van der Waals surface area contributed by atoms with Crippen molar-refractivity contribution < 1.29 is 22.8 Å². The molecule has 0 aliphatic heterocycles. The summed E-state index contributed by atoms with van der Waals surface area (Å²) in [5.41, 5.74) is 4.88. The van der Waals surface area contributed by atoms with Gasteiger partial charge in [-0.2, -0.15) is 13.2 Å². The highest BCUT2D eigenvalue weighted by Crippen LogP contribution is 2.37. The van der Waals surface area contributed by atoms with E-state index in [1.54, 1.807) is 0 Å². The molecule has 0 spiro atoms. The Morgan fingerprint density at radius 1 is 1.14 bits per heavy atom. The third kappa shape index (κ3) is 6.68. The van der Waals surface area contributed by atoms with E-state index >= 15 is 0 Å². The zero-order valence-corrected chi connectivity index (χ0v) is 11.8. The molecular formula is C13H22F3N3O2. The Morgan fingerprint density at radius 2 is 1.81 bits per heavy atom. The lowest BCUT2D eigenvalue weighted by atomic mass is 9.84. The number of rotatable bonds is 6. The molecule has 5 nitrogen and oxygen atoms in total. The van der Waals surface area contributed by atoms with Crippen LogP contribution in [-0.4, -0.2) is 30.7 Å². The van der Waals surface area contributed by atoms with E-state index in [-0.39, 0.29) is 18.7 Å². The Balaban J connectivity index is 2.30. The molecule has 1 aliphatic carbocycles. The monoisotopic (exact) mass is 309 g/mol. The maximum atomic E-state index is 12.9. The first-order valence-corrected chi connectivity index (χ1v) is 7.20. The van der Waals surface area contributed by atoms with Crippen molar-refractivity contribution in [3.05, 3.63) is 0 Å².